The van der Waals surface area contributed by atoms with Crippen molar-refractivity contribution in [1.82, 2.24) is 14.7 Å². The SMILES string of the molecule is CC(=O)SC1CC(=O)N(Cc2cnn(C)c2C)C1. The molecule has 1 aliphatic heterocycles. The van der Waals surface area contributed by atoms with Crippen LogP contribution < -0.4 is 0 Å². The fraction of sp³-hybridized carbons (Fsp3) is 0.583. The third-order valence-electron chi connectivity index (χ3n) is 3.21. The highest BCUT2D eigenvalue weighted by atomic mass is 32.2. The highest BCUT2D eigenvalue weighted by Crippen LogP contribution is 2.25. The van der Waals surface area contributed by atoms with E-state index in [4.69, 9.17) is 0 Å². The van der Waals surface area contributed by atoms with Gasteiger partial charge in [-0.25, -0.2) is 0 Å². The first-order valence-electron chi connectivity index (χ1n) is 5.90. The number of carbonyl (C=O) groups excluding carboxylic acids is 2. The number of nitrogens with zero attached hydrogens (tertiary/aromatic N) is 3. The minimum absolute atomic E-state index is 0.0761. The summed E-state index contributed by atoms with van der Waals surface area (Å²) in [6.07, 6.45) is 2.26. The number of rotatable bonds is 3. The van der Waals surface area contributed by atoms with E-state index < -0.39 is 0 Å². The molecule has 0 N–H and O–H groups in total. The van der Waals surface area contributed by atoms with Gasteiger partial charge in [-0.2, -0.15) is 5.10 Å². The predicted molar refractivity (Wildman–Crippen MR) is 70.0 cm³/mol. The van der Waals surface area contributed by atoms with E-state index in [1.54, 1.807) is 17.8 Å². The smallest absolute Gasteiger partial charge is 0.224 e. The molecule has 2 heterocycles. The van der Waals surface area contributed by atoms with E-state index in [1.165, 1.54) is 11.8 Å². The van der Waals surface area contributed by atoms with Gasteiger partial charge in [0.25, 0.3) is 0 Å². The molecule has 1 fully saturated rings. The van der Waals surface area contributed by atoms with Gasteiger partial charge in [-0.3, -0.25) is 14.3 Å². The molecule has 1 atom stereocenters. The van der Waals surface area contributed by atoms with Gasteiger partial charge in [0.15, 0.2) is 5.12 Å². The normalized spacial score (nSPS) is 19.6. The van der Waals surface area contributed by atoms with Gasteiger partial charge in [0.05, 0.1) is 6.20 Å². The molecule has 0 radical (unpaired) electrons. The lowest BCUT2D eigenvalue weighted by Gasteiger charge is -2.15. The molecule has 0 spiro atoms. The second kappa shape index (κ2) is 5.14. The molecule has 0 aliphatic carbocycles. The summed E-state index contributed by atoms with van der Waals surface area (Å²) in [5.41, 5.74) is 2.14. The van der Waals surface area contributed by atoms with E-state index in [9.17, 15) is 9.59 Å². The molecule has 0 aromatic carbocycles. The van der Waals surface area contributed by atoms with Crippen molar-refractivity contribution >= 4 is 22.8 Å². The molecule has 1 unspecified atom stereocenters. The fourth-order valence-corrected chi connectivity index (χ4v) is 3.06. The Bertz CT molecular complexity index is 484. The second-order valence-electron chi connectivity index (χ2n) is 4.59. The van der Waals surface area contributed by atoms with Crippen molar-refractivity contribution in [3.63, 3.8) is 0 Å². The average Bonchev–Trinajstić information content (AvgIpc) is 2.76. The van der Waals surface area contributed by atoms with Gasteiger partial charge in [0.1, 0.15) is 0 Å². The maximum atomic E-state index is 11.9. The zero-order valence-electron chi connectivity index (χ0n) is 10.8. The van der Waals surface area contributed by atoms with Crippen LogP contribution in [-0.4, -0.2) is 37.5 Å². The molecule has 1 aromatic heterocycles. The maximum absolute atomic E-state index is 11.9. The van der Waals surface area contributed by atoms with Crippen LogP contribution in [0.3, 0.4) is 0 Å². The first-order valence-corrected chi connectivity index (χ1v) is 6.78. The Kier molecular flexibility index (Phi) is 3.75. The Morgan fingerprint density at radius 2 is 2.33 bits per heavy atom. The molecule has 1 amide bonds. The number of amides is 1. The largest absolute Gasteiger partial charge is 0.337 e. The fourth-order valence-electron chi connectivity index (χ4n) is 2.11. The first-order chi connectivity index (χ1) is 8.47. The molecule has 2 rings (SSSR count). The van der Waals surface area contributed by atoms with Crippen molar-refractivity contribution in [3.05, 3.63) is 17.5 Å². The summed E-state index contributed by atoms with van der Waals surface area (Å²) in [4.78, 5) is 24.7. The van der Waals surface area contributed by atoms with Gasteiger partial charge >= 0.3 is 0 Å². The number of hydrogen-bond acceptors (Lipinski definition) is 4. The van der Waals surface area contributed by atoms with Crippen molar-refractivity contribution in [3.8, 4) is 0 Å². The molecular formula is C12H17N3O2S. The van der Waals surface area contributed by atoms with E-state index in [0.717, 1.165) is 11.3 Å². The van der Waals surface area contributed by atoms with Crippen molar-refractivity contribution in [2.75, 3.05) is 6.54 Å². The molecule has 1 aliphatic rings. The van der Waals surface area contributed by atoms with Crippen LogP contribution in [0.1, 0.15) is 24.6 Å². The molecule has 6 heteroatoms. The molecule has 18 heavy (non-hydrogen) atoms. The highest BCUT2D eigenvalue weighted by molar-refractivity contribution is 8.14. The zero-order valence-corrected chi connectivity index (χ0v) is 11.7. The third-order valence-corrected chi connectivity index (χ3v) is 4.19. The van der Waals surface area contributed by atoms with Crippen molar-refractivity contribution in [2.45, 2.75) is 32.1 Å². The van der Waals surface area contributed by atoms with Crippen LogP contribution in [0, 0.1) is 6.92 Å². The minimum Gasteiger partial charge on any atom is -0.337 e. The summed E-state index contributed by atoms with van der Waals surface area (Å²) >= 11 is 1.27. The molecule has 0 saturated carbocycles. The Morgan fingerprint density at radius 1 is 1.61 bits per heavy atom. The molecular weight excluding hydrogens is 250 g/mol. The van der Waals surface area contributed by atoms with Crippen molar-refractivity contribution < 1.29 is 9.59 Å². The lowest BCUT2D eigenvalue weighted by Crippen LogP contribution is -2.25. The number of carbonyl (C=O) groups is 2. The Morgan fingerprint density at radius 3 is 2.89 bits per heavy atom. The van der Waals surface area contributed by atoms with Gasteiger partial charge < -0.3 is 4.90 Å². The van der Waals surface area contributed by atoms with Gasteiger partial charge in [-0.1, -0.05) is 11.8 Å². The number of aryl methyl sites for hydroxylation is 1. The van der Waals surface area contributed by atoms with Crippen LogP contribution in [0.25, 0.3) is 0 Å². The van der Waals surface area contributed by atoms with Crippen molar-refractivity contribution in [2.24, 2.45) is 7.05 Å². The average molecular weight is 267 g/mol. The second-order valence-corrected chi connectivity index (χ2v) is 6.07. The van der Waals surface area contributed by atoms with E-state index in [2.05, 4.69) is 5.10 Å². The molecule has 98 valence electrons. The minimum atomic E-state index is 0.0761. The lowest BCUT2D eigenvalue weighted by atomic mass is 10.2. The lowest BCUT2D eigenvalue weighted by molar-refractivity contribution is -0.128. The number of hydrogen-bond donors (Lipinski definition) is 0. The third kappa shape index (κ3) is 2.75. The van der Waals surface area contributed by atoms with Gasteiger partial charge in [0.2, 0.25) is 5.91 Å². The Labute approximate surface area is 111 Å². The summed E-state index contributed by atoms with van der Waals surface area (Å²) < 4.78 is 1.80. The van der Waals surface area contributed by atoms with E-state index in [-0.39, 0.29) is 16.3 Å². The summed E-state index contributed by atoms with van der Waals surface area (Å²) in [5.74, 6) is 0.122. The standard InChI is InChI=1S/C12H17N3O2S/c1-8-10(5-13-14(8)3)6-15-7-11(4-12(15)17)18-9(2)16/h5,11H,4,6-7H2,1-3H3. The summed E-state index contributed by atoms with van der Waals surface area (Å²) in [5, 5.41) is 4.35. The summed E-state index contributed by atoms with van der Waals surface area (Å²) in [6.45, 7) is 4.78. The van der Waals surface area contributed by atoms with Crippen molar-refractivity contribution in [1.29, 1.82) is 0 Å². The zero-order chi connectivity index (χ0) is 13.3. The maximum Gasteiger partial charge on any atom is 0.224 e. The van der Waals surface area contributed by atoms with Crippen LogP contribution in [0.5, 0.6) is 0 Å². The summed E-state index contributed by atoms with van der Waals surface area (Å²) in [7, 11) is 1.89. The van der Waals surface area contributed by atoms with Crippen LogP contribution in [0.4, 0.5) is 0 Å². The first kappa shape index (κ1) is 13.1. The van der Waals surface area contributed by atoms with Crippen LogP contribution in [-0.2, 0) is 23.2 Å². The predicted octanol–water partition coefficient (Wildman–Crippen LogP) is 1.11. The van der Waals surface area contributed by atoms with Crippen LogP contribution in [0.2, 0.25) is 0 Å². The molecule has 1 aromatic rings. The van der Waals surface area contributed by atoms with E-state index in [0.29, 0.717) is 19.5 Å². The van der Waals surface area contributed by atoms with E-state index >= 15 is 0 Å². The Balaban J connectivity index is 2.00. The Hall–Kier alpha value is -1.30. The monoisotopic (exact) mass is 267 g/mol. The molecule has 5 nitrogen and oxygen atoms in total. The summed E-state index contributed by atoms with van der Waals surface area (Å²) in [6, 6.07) is 0. The van der Waals surface area contributed by atoms with E-state index in [1.807, 2.05) is 18.9 Å². The number of thioether (sulfide) groups is 1. The van der Waals surface area contributed by atoms with Crippen LogP contribution >= 0.6 is 11.8 Å². The van der Waals surface area contributed by atoms with Crippen LogP contribution in [0.15, 0.2) is 6.20 Å². The molecule has 0 bridgehead atoms. The topological polar surface area (TPSA) is 55.2 Å². The van der Waals surface area contributed by atoms with Gasteiger partial charge in [-0.05, 0) is 6.92 Å². The quantitative estimate of drug-likeness (QED) is 0.823. The van der Waals surface area contributed by atoms with Gasteiger partial charge in [0, 0.05) is 50.0 Å². The van der Waals surface area contributed by atoms with Gasteiger partial charge in [-0.15, -0.1) is 0 Å². The highest BCUT2D eigenvalue weighted by Gasteiger charge is 2.31. The number of aromatic nitrogens is 2. The molecule has 1 saturated heterocycles. The number of likely N-dealkylation sites (tertiary alicyclic amines) is 1.